The molecular weight excluding hydrogens is 427 g/mol. The first-order valence-electron chi connectivity index (χ1n) is 10.1. The Morgan fingerprint density at radius 3 is 2.41 bits per heavy atom. The molecule has 2 aliphatic heterocycles. The Labute approximate surface area is 189 Å². The summed E-state index contributed by atoms with van der Waals surface area (Å²) >= 11 is 12.2. The van der Waals surface area contributed by atoms with Gasteiger partial charge in [-0.2, -0.15) is 0 Å². The third-order valence-electron chi connectivity index (χ3n) is 6.02. The van der Waals surface area contributed by atoms with E-state index < -0.39 is 0 Å². The van der Waals surface area contributed by atoms with Gasteiger partial charge in [0.15, 0.2) is 0 Å². The molecule has 0 spiro atoms. The lowest BCUT2D eigenvalue weighted by molar-refractivity contribution is -0.134. The van der Waals surface area contributed by atoms with Crippen molar-refractivity contribution >= 4 is 41.5 Å². The molecule has 6 heteroatoms. The van der Waals surface area contributed by atoms with E-state index in [0.717, 1.165) is 31.7 Å². The molecule has 2 aromatic rings. The molecule has 3 nitrogen and oxygen atoms in total. The molecule has 2 heterocycles. The molecule has 1 saturated heterocycles. The van der Waals surface area contributed by atoms with Crippen molar-refractivity contribution in [2.24, 2.45) is 0 Å². The Kier molecular flexibility index (Phi) is 7.50. The maximum atomic E-state index is 13.3. The van der Waals surface area contributed by atoms with E-state index in [1.54, 1.807) is 12.1 Å². The van der Waals surface area contributed by atoms with E-state index >= 15 is 0 Å². The second-order valence-electron chi connectivity index (χ2n) is 8.02. The Hall–Kier alpha value is -1.26. The van der Waals surface area contributed by atoms with Crippen LogP contribution in [0.2, 0.25) is 10.0 Å². The molecule has 0 unspecified atom stereocenters. The highest BCUT2D eigenvalue weighted by molar-refractivity contribution is 6.42. The monoisotopic (exact) mass is 452 g/mol. The average Bonchev–Trinajstić information content (AvgIpc) is 3.20. The molecule has 2 atom stereocenters. The molecule has 0 saturated carbocycles. The van der Waals surface area contributed by atoms with Gasteiger partial charge in [-0.3, -0.25) is 4.79 Å². The van der Waals surface area contributed by atoms with Crippen LogP contribution < -0.4 is 0 Å². The maximum Gasteiger partial charge on any atom is 0.227 e. The Bertz CT molecular complexity index is 867. The van der Waals surface area contributed by atoms with Gasteiger partial charge in [-0.1, -0.05) is 60.5 Å². The van der Waals surface area contributed by atoms with Crippen molar-refractivity contribution in [1.82, 2.24) is 9.80 Å². The van der Waals surface area contributed by atoms with Gasteiger partial charge >= 0.3 is 0 Å². The van der Waals surface area contributed by atoms with E-state index in [1.807, 2.05) is 6.07 Å². The van der Waals surface area contributed by atoms with Gasteiger partial charge in [0.1, 0.15) is 0 Å². The predicted molar refractivity (Wildman–Crippen MR) is 122 cm³/mol. The molecule has 0 radical (unpaired) electrons. The number of carbonyl (C=O) groups is 1. The van der Waals surface area contributed by atoms with Crippen LogP contribution in [0.4, 0.5) is 0 Å². The first-order chi connectivity index (χ1) is 13.5. The highest BCUT2D eigenvalue weighted by atomic mass is 35.5. The number of benzene rings is 2. The fourth-order valence-electron chi connectivity index (χ4n) is 4.56. The fourth-order valence-corrected chi connectivity index (χ4v) is 4.88. The van der Waals surface area contributed by atoms with Gasteiger partial charge in [0.25, 0.3) is 0 Å². The smallest absolute Gasteiger partial charge is 0.227 e. The number of likely N-dealkylation sites (tertiary alicyclic amines) is 1. The Balaban J connectivity index is 0.00000240. The molecule has 29 heavy (non-hydrogen) atoms. The van der Waals surface area contributed by atoms with Crippen molar-refractivity contribution < 1.29 is 4.79 Å². The molecular formula is C23H27Cl3N2O. The van der Waals surface area contributed by atoms with Crippen molar-refractivity contribution in [2.75, 3.05) is 26.2 Å². The van der Waals surface area contributed by atoms with Gasteiger partial charge < -0.3 is 9.80 Å². The molecule has 2 aromatic carbocycles. The molecule has 0 aliphatic carbocycles. The normalized spacial score (nSPS) is 21.6. The van der Waals surface area contributed by atoms with Crippen LogP contribution in [0.1, 0.15) is 48.4 Å². The molecule has 1 fully saturated rings. The van der Waals surface area contributed by atoms with Gasteiger partial charge in [-0.15, -0.1) is 12.4 Å². The topological polar surface area (TPSA) is 23.6 Å². The van der Waals surface area contributed by atoms with E-state index in [2.05, 4.69) is 41.0 Å². The number of nitrogens with zero attached hydrogens (tertiary/aromatic N) is 2. The lowest BCUT2D eigenvalue weighted by atomic mass is 9.85. The zero-order chi connectivity index (χ0) is 19.7. The molecule has 1 amide bonds. The lowest BCUT2D eigenvalue weighted by Gasteiger charge is -2.42. The molecule has 156 valence electrons. The molecule has 2 aliphatic rings. The van der Waals surface area contributed by atoms with Crippen molar-refractivity contribution in [2.45, 2.75) is 38.1 Å². The number of hydrogen-bond donors (Lipinski definition) is 0. The summed E-state index contributed by atoms with van der Waals surface area (Å²) in [5, 5.41) is 1.02. The van der Waals surface area contributed by atoms with Gasteiger partial charge in [0, 0.05) is 13.1 Å². The van der Waals surface area contributed by atoms with Gasteiger partial charge in [-0.25, -0.2) is 0 Å². The van der Waals surface area contributed by atoms with Crippen LogP contribution >= 0.6 is 35.6 Å². The highest BCUT2D eigenvalue weighted by Gasteiger charge is 2.35. The third kappa shape index (κ3) is 4.91. The third-order valence-corrected chi connectivity index (χ3v) is 6.76. The first kappa shape index (κ1) is 22.4. The number of amides is 1. The van der Waals surface area contributed by atoms with Gasteiger partial charge in [0.2, 0.25) is 5.91 Å². The lowest BCUT2D eigenvalue weighted by Crippen LogP contribution is -2.46. The van der Waals surface area contributed by atoms with Crippen LogP contribution in [-0.2, 0) is 11.2 Å². The number of carbonyl (C=O) groups excluding carboxylic acids is 1. The van der Waals surface area contributed by atoms with Crippen LogP contribution in [0.15, 0.2) is 42.5 Å². The number of fused-ring (bicyclic) bond motifs is 1. The van der Waals surface area contributed by atoms with Crippen molar-refractivity contribution in [1.29, 1.82) is 0 Å². The Morgan fingerprint density at radius 1 is 1.03 bits per heavy atom. The van der Waals surface area contributed by atoms with Crippen molar-refractivity contribution in [3.8, 4) is 0 Å². The number of rotatable bonds is 4. The van der Waals surface area contributed by atoms with Crippen LogP contribution in [-0.4, -0.2) is 41.9 Å². The minimum atomic E-state index is 0. The van der Waals surface area contributed by atoms with Crippen LogP contribution in [0.5, 0.6) is 0 Å². The summed E-state index contributed by atoms with van der Waals surface area (Å²) in [4.78, 5) is 17.9. The molecule has 0 aromatic heterocycles. The summed E-state index contributed by atoms with van der Waals surface area (Å²) in [7, 11) is 0. The van der Waals surface area contributed by atoms with E-state index in [9.17, 15) is 4.79 Å². The standard InChI is InChI=1S/C23H26Cl2N2O.ClH/c1-16-14-27(23(28)13-17-8-9-20(24)21(25)12-17)22(15-26-10-4-5-11-26)19-7-3-2-6-18(16)19;/h2-3,6-9,12,16,22H,4-5,10-11,13-15H2,1H3;1H/t16-,22+;/m1./s1. The highest BCUT2D eigenvalue weighted by Crippen LogP contribution is 2.37. The van der Waals surface area contributed by atoms with Gasteiger partial charge in [-0.05, 0) is 60.7 Å². The SMILES string of the molecule is C[C@@H]1CN(C(=O)Cc2ccc(Cl)c(Cl)c2)[C@@H](CN2CCCC2)c2ccccc21.Cl. The predicted octanol–water partition coefficient (Wildman–Crippen LogP) is 5.74. The maximum absolute atomic E-state index is 13.3. The van der Waals surface area contributed by atoms with E-state index in [4.69, 9.17) is 23.2 Å². The summed E-state index contributed by atoms with van der Waals surface area (Å²) in [6.45, 7) is 6.14. The molecule has 4 rings (SSSR count). The summed E-state index contributed by atoms with van der Waals surface area (Å²) < 4.78 is 0. The van der Waals surface area contributed by atoms with Crippen molar-refractivity contribution in [3.05, 3.63) is 69.2 Å². The molecule has 0 N–H and O–H groups in total. The average molecular weight is 454 g/mol. The van der Waals surface area contributed by atoms with Gasteiger partial charge in [0.05, 0.1) is 22.5 Å². The van der Waals surface area contributed by atoms with Crippen LogP contribution in [0, 0.1) is 0 Å². The second-order valence-corrected chi connectivity index (χ2v) is 8.84. The van der Waals surface area contributed by atoms with Crippen LogP contribution in [0.25, 0.3) is 0 Å². The summed E-state index contributed by atoms with van der Waals surface area (Å²) in [5.74, 6) is 0.493. The largest absolute Gasteiger partial charge is 0.333 e. The second kappa shape index (κ2) is 9.70. The quantitative estimate of drug-likeness (QED) is 0.589. The minimum Gasteiger partial charge on any atom is -0.333 e. The number of hydrogen-bond acceptors (Lipinski definition) is 2. The minimum absolute atomic E-state index is 0. The summed E-state index contributed by atoms with van der Waals surface area (Å²) in [6.07, 6.45) is 2.85. The zero-order valence-corrected chi connectivity index (χ0v) is 18.9. The number of halogens is 3. The first-order valence-corrected chi connectivity index (χ1v) is 10.8. The zero-order valence-electron chi connectivity index (χ0n) is 16.6. The molecule has 0 bridgehead atoms. The Morgan fingerprint density at radius 2 is 1.72 bits per heavy atom. The van der Waals surface area contributed by atoms with E-state index in [-0.39, 0.29) is 24.4 Å². The van der Waals surface area contributed by atoms with E-state index in [1.165, 1.54) is 24.0 Å². The fraction of sp³-hybridized carbons (Fsp3) is 0.435. The van der Waals surface area contributed by atoms with Crippen LogP contribution in [0.3, 0.4) is 0 Å². The summed E-state index contributed by atoms with van der Waals surface area (Å²) in [5.41, 5.74) is 3.59. The summed E-state index contributed by atoms with van der Waals surface area (Å²) in [6, 6.07) is 14.2. The van der Waals surface area contributed by atoms with E-state index in [0.29, 0.717) is 22.4 Å². The van der Waals surface area contributed by atoms with Crippen molar-refractivity contribution in [3.63, 3.8) is 0 Å².